The summed E-state index contributed by atoms with van der Waals surface area (Å²) >= 11 is 0. The van der Waals surface area contributed by atoms with Crippen molar-refractivity contribution >= 4 is 29.8 Å². The molecule has 0 aromatic rings. The van der Waals surface area contributed by atoms with E-state index in [1.165, 1.54) is 0 Å². The average molecular weight is 491 g/mol. The van der Waals surface area contributed by atoms with E-state index in [1.54, 1.807) is 19.6 Å². The van der Waals surface area contributed by atoms with Crippen LogP contribution in [0.1, 0.15) is 12.8 Å². The van der Waals surface area contributed by atoms with Gasteiger partial charge in [-0.1, -0.05) is 0 Å². The normalized spacial score (nSPS) is 18.9. The van der Waals surface area contributed by atoms with Gasteiger partial charge in [-0.15, -0.1) is 0 Å². The van der Waals surface area contributed by atoms with Crippen LogP contribution in [0.3, 0.4) is 0 Å². The molecule has 34 heavy (non-hydrogen) atoms. The van der Waals surface area contributed by atoms with Gasteiger partial charge in [0, 0.05) is 58.8 Å². The lowest BCUT2D eigenvalue weighted by Crippen LogP contribution is -2.52. The predicted molar refractivity (Wildman–Crippen MR) is 117 cm³/mol. The summed E-state index contributed by atoms with van der Waals surface area (Å²) in [5.41, 5.74) is 1.95. The van der Waals surface area contributed by atoms with Gasteiger partial charge in [-0.05, 0) is 6.42 Å². The number of amides is 1. The Balaban J connectivity index is 3.11. The third-order valence-electron chi connectivity index (χ3n) is 5.48. The van der Waals surface area contributed by atoms with Crippen molar-refractivity contribution in [3.8, 4) is 0 Å². The monoisotopic (exact) mass is 490 g/mol. The topological polar surface area (TPSA) is 217 Å². The minimum absolute atomic E-state index is 0.0391. The number of nitrogens with two attached hydrogens (primary N) is 1. The van der Waals surface area contributed by atoms with Gasteiger partial charge >= 0.3 is 23.9 Å². The zero-order valence-corrected chi connectivity index (χ0v) is 19.0. The molecule has 1 fully saturated rings. The summed E-state index contributed by atoms with van der Waals surface area (Å²) in [7, 11) is 0. The summed E-state index contributed by atoms with van der Waals surface area (Å²) in [5.74, 6) is 0.164. The number of carboxylic acids is 4. The second-order valence-electron chi connectivity index (χ2n) is 8.01. The number of carbonyl (C=O) groups is 5. The molecular formula is C19H34N6O9. The first-order valence-corrected chi connectivity index (χ1v) is 10.8. The maximum atomic E-state index is 12.0. The maximum absolute atomic E-state index is 12.0. The van der Waals surface area contributed by atoms with Gasteiger partial charge in [0.05, 0.1) is 19.6 Å². The molecule has 0 spiro atoms. The molecule has 7 N–H and O–H groups in total. The van der Waals surface area contributed by atoms with Crippen molar-refractivity contribution in [1.29, 1.82) is 0 Å². The molecule has 0 aromatic carbocycles. The van der Waals surface area contributed by atoms with E-state index in [9.17, 15) is 44.4 Å². The molecule has 1 saturated heterocycles. The van der Waals surface area contributed by atoms with Crippen LogP contribution in [-0.2, 0) is 24.0 Å². The van der Waals surface area contributed by atoms with E-state index in [4.69, 9.17) is 5.84 Å². The fourth-order valence-corrected chi connectivity index (χ4v) is 3.71. The number of hydrogen-bond donors (Lipinski definition) is 6. The predicted octanol–water partition coefficient (Wildman–Crippen LogP) is -3.31. The number of hydrazine groups is 1. The van der Waals surface area contributed by atoms with Crippen LogP contribution in [0.15, 0.2) is 0 Å². The highest BCUT2D eigenvalue weighted by atomic mass is 16.4. The van der Waals surface area contributed by atoms with E-state index >= 15 is 0 Å². The highest BCUT2D eigenvalue weighted by Crippen LogP contribution is 2.10. The molecule has 1 atom stereocenters. The van der Waals surface area contributed by atoms with Crippen molar-refractivity contribution in [2.45, 2.75) is 18.9 Å². The minimum atomic E-state index is -1.17. The summed E-state index contributed by atoms with van der Waals surface area (Å²) < 4.78 is 0. The fourth-order valence-electron chi connectivity index (χ4n) is 3.71. The molecule has 0 aromatic heterocycles. The number of nitrogens with one attached hydrogen (secondary N) is 1. The van der Waals surface area contributed by atoms with Gasteiger partial charge in [0.25, 0.3) is 0 Å². The summed E-state index contributed by atoms with van der Waals surface area (Å²) in [6.45, 7) is 0.664. The first-order chi connectivity index (χ1) is 16.0. The molecule has 1 amide bonds. The van der Waals surface area contributed by atoms with Crippen molar-refractivity contribution in [1.82, 2.24) is 25.0 Å². The number of carboxylic acid groups (broad SMARTS) is 4. The summed E-state index contributed by atoms with van der Waals surface area (Å²) in [6.07, 6.45) is -0.172. The van der Waals surface area contributed by atoms with Gasteiger partial charge in [0.1, 0.15) is 6.04 Å². The summed E-state index contributed by atoms with van der Waals surface area (Å²) in [4.78, 5) is 63.7. The molecule has 15 heteroatoms. The lowest BCUT2D eigenvalue weighted by atomic mass is 10.1. The Hall–Kier alpha value is -2.85. The van der Waals surface area contributed by atoms with Crippen molar-refractivity contribution in [2.75, 3.05) is 72.0 Å². The molecule has 194 valence electrons. The standard InChI is InChI=1S/C19H34N6O9/c20-21-15(26)2-1-14(19(33)34)25-9-7-23(12-17(29)30)5-3-22(11-16(27)28)4-6-24(8-10-25)13-18(31)32/h14H,1-13,20H2,(H,21,26)(H,27,28)(H,29,30)(H,31,32)(H,33,34). The first kappa shape index (κ1) is 29.2. The second-order valence-corrected chi connectivity index (χ2v) is 8.01. The van der Waals surface area contributed by atoms with Crippen LogP contribution in [0.25, 0.3) is 0 Å². The van der Waals surface area contributed by atoms with Gasteiger partial charge in [-0.2, -0.15) is 0 Å². The Morgan fingerprint density at radius 2 is 1.03 bits per heavy atom. The van der Waals surface area contributed by atoms with E-state index in [2.05, 4.69) is 0 Å². The molecule has 1 rings (SSSR count). The van der Waals surface area contributed by atoms with Crippen LogP contribution in [-0.4, -0.2) is 148 Å². The third-order valence-corrected chi connectivity index (χ3v) is 5.48. The van der Waals surface area contributed by atoms with Gasteiger partial charge in [0.2, 0.25) is 5.91 Å². The highest BCUT2D eigenvalue weighted by Gasteiger charge is 2.28. The van der Waals surface area contributed by atoms with Crippen LogP contribution < -0.4 is 11.3 Å². The van der Waals surface area contributed by atoms with Crippen LogP contribution >= 0.6 is 0 Å². The average Bonchev–Trinajstić information content (AvgIpc) is 2.73. The molecule has 1 unspecified atom stereocenters. The minimum Gasteiger partial charge on any atom is -0.480 e. The second kappa shape index (κ2) is 15.1. The zero-order chi connectivity index (χ0) is 25.7. The Morgan fingerprint density at radius 1 is 0.676 bits per heavy atom. The number of carbonyl (C=O) groups excluding carboxylic acids is 1. The maximum Gasteiger partial charge on any atom is 0.320 e. The quantitative estimate of drug-likeness (QED) is 0.0949. The first-order valence-electron chi connectivity index (χ1n) is 10.8. The van der Waals surface area contributed by atoms with Gasteiger partial charge < -0.3 is 20.4 Å². The molecule has 0 radical (unpaired) electrons. The molecule has 1 aliphatic rings. The van der Waals surface area contributed by atoms with Crippen molar-refractivity contribution in [3.63, 3.8) is 0 Å². The number of nitrogens with zero attached hydrogens (tertiary/aromatic N) is 4. The van der Waals surface area contributed by atoms with Crippen molar-refractivity contribution in [3.05, 3.63) is 0 Å². The van der Waals surface area contributed by atoms with E-state index in [-0.39, 0.29) is 84.8 Å². The smallest absolute Gasteiger partial charge is 0.320 e. The molecule has 1 heterocycles. The number of aliphatic carboxylic acids is 4. The molecule has 0 bridgehead atoms. The van der Waals surface area contributed by atoms with E-state index in [0.717, 1.165) is 0 Å². The molecule has 1 aliphatic heterocycles. The molecule has 0 aliphatic carbocycles. The highest BCUT2D eigenvalue weighted by molar-refractivity contribution is 5.78. The summed E-state index contributed by atoms with van der Waals surface area (Å²) in [6, 6.07) is -1.07. The van der Waals surface area contributed by atoms with Gasteiger partial charge in [0.15, 0.2) is 0 Å². The zero-order valence-electron chi connectivity index (χ0n) is 19.0. The largest absolute Gasteiger partial charge is 0.480 e. The Labute approximate surface area is 196 Å². The van der Waals surface area contributed by atoms with Gasteiger partial charge in [-0.3, -0.25) is 49.0 Å². The van der Waals surface area contributed by atoms with E-state index < -0.39 is 35.8 Å². The molecule has 0 saturated carbocycles. The number of rotatable bonds is 11. The van der Waals surface area contributed by atoms with Crippen LogP contribution in [0.5, 0.6) is 0 Å². The van der Waals surface area contributed by atoms with Crippen LogP contribution in [0.4, 0.5) is 0 Å². The Morgan fingerprint density at radius 3 is 1.32 bits per heavy atom. The fraction of sp³-hybridized carbons (Fsp3) is 0.737. The summed E-state index contributed by atoms with van der Waals surface area (Å²) in [5, 5.41) is 37.4. The molecular weight excluding hydrogens is 456 g/mol. The molecule has 15 nitrogen and oxygen atoms in total. The third kappa shape index (κ3) is 11.9. The lowest BCUT2D eigenvalue weighted by Gasteiger charge is -2.35. The Bertz CT molecular complexity index is 690. The van der Waals surface area contributed by atoms with Crippen molar-refractivity contribution in [2.24, 2.45) is 5.84 Å². The van der Waals surface area contributed by atoms with Crippen LogP contribution in [0.2, 0.25) is 0 Å². The van der Waals surface area contributed by atoms with E-state index in [0.29, 0.717) is 0 Å². The van der Waals surface area contributed by atoms with Crippen LogP contribution in [0, 0.1) is 0 Å². The Kier molecular flexibility index (Phi) is 13.0. The van der Waals surface area contributed by atoms with E-state index in [1.807, 2.05) is 5.43 Å². The lowest BCUT2D eigenvalue weighted by molar-refractivity contribution is -0.145. The van der Waals surface area contributed by atoms with Gasteiger partial charge in [-0.25, -0.2) is 5.84 Å². The van der Waals surface area contributed by atoms with Crippen molar-refractivity contribution < 1.29 is 44.4 Å². The number of hydrogen-bond acceptors (Lipinski definition) is 10. The SMILES string of the molecule is NNC(=O)CCC(C(=O)O)N1CCN(CC(=O)O)CCN(CC(=O)O)CCN(CC(=O)O)CC1.